The molecule has 0 unspecified atom stereocenters. The SMILES string of the molecule is CNC(=O)[C@@H](NC(=O)c1nc(-c2ccccc2)n2c1CN(C(=O)CC(C)(C)C)CC2)C(C)(C)C. The number of carbonyl (C=O) groups excluding carboxylic acids is 3. The molecule has 0 aliphatic carbocycles. The van der Waals surface area contributed by atoms with Gasteiger partial charge in [0.1, 0.15) is 11.9 Å². The van der Waals surface area contributed by atoms with E-state index in [1.165, 1.54) is 0 Å². The summed E-state index contributed by atoms with van der Waals surface area (Å²) in [4.78, 5) is 45.5. The third-order valence-electron chi connectivity index (χ3n) is 5.94. The lowest BCUT2D eigenvalue weighted by Gasteiger charge is -2.32. The van der Waals surface area contributed by atoms with Crippen LogP contribution in [0.25, 0.3) is 11.4 Å². The van der Waals surface area contributed by atoms with Gasteiger partial charge in [-0.2, -0.15) is 0 Å². The minimum absolute atomic E-state index is 0.0606. The van der Waals surface area contributed by atoms with Crippen LogP contribution in [0.5, 0.6) is 0 Å². The zero-order valence-electron chi connectivity index (χ0n) is 21.4. The summed E-state index contributed by atoms with van der Waals surface area (Å²) in [5, 5.41) is 5.52. The number of carbonyl (C=O) groups is 3. The highest BCUT2D eigenvalue weighted by atomic mass is 16.2. The van der Waals surface area contributed by atoms with Gasteiger partial charge in [-0.1, -0.05) is 71.9 Å². The number of hydrogen-bond donors (Lipinski definition) is 2. The number of amides is 3. The normalized spacial score (nSPS) is 14.9. The quantitative estimate of drug-likeness (QED) is 0.706. The smallest absolute Gasteiger partial charge is 0.272 e. The fourth-order valence-corrected chi connectivity index (χ4v) is 4.16. The van der Waals surface area contributed by atoms with E-state index in [2.05, 4.69) is 10.6 Å². The van der Waals surface area contributed by atoms with Gasteiger partial charge in [-0.15, -0.1) is 0 Å². The molecule has 2 heterocycles. The summed E-state index contributed by atoms with van der Waals surface area (Å²) < 4.78 is 2.02. The molecule has 0 saturated carbocycles. The molecule has 1 aromatic carbocycles. The number of nitrogens with one attached hydrogen (secondary N) is 2. The molecule has 1 atom stereocenters. The molecule has 1 aromatic heterocycles. The summed E-state index contributed by atoms with van der Waals surface area (Å²) in [7, 11) is 1.55. The molecule has 8 nitrogen and oxygen atoms in total. The fourth-order valence-electron chi connectivity index (χ4n) is 4.16. The van der Waals surface area contributed by atoms with Crippen LogP contribution in [0, 0.1) is 10.8 Å². The van der Waals surface area contributed by atoms with Crippen LogP contribution in [0.2, 0.25) is 0 Å². The van der Waals surface area contributed by atoms with E-state index in [1.807, 2.05) is 76.4 Å². The van der Waals surface area contributed by atoms with E-state index in [9.17, 15) is 14.4 Å². The van der Waals surface area contributed by atoms with Crippen molar-refractivity contribution in [3.8, 4) is 11.4 Å². The van der Waals surface area contributed by atoms with E-state index < -0.39 is 17.4 Å². The zero-order valence-corrected chi connectivity index (χ0v) is 21.4. The highest BCUT2D eigenvalue weighted by Gasteiger charge is 2.36. The van der Waals surface area contributed by atoms with Crippen molar-refractivity contribution >= 4 is 17.7 Å². The predicted octanol–water partition coefficient (Wildman–Crippen LogP) is 3.22. The molecule has 0 spiro atoms. The van der Waals surface area contributed by atoms with Crippen LogP contribution in [0.3, 0.4) is 0 Å². The van der Waals surface area contributed by atoms with Crippen molar-refractivity contribution in [2.45, 2.75) is 67.1 Å². The first-order chi connectivity index (χ1) is 15.8. The average molecular weight is 468 g/mol. The largest absolute Gasteiger partial charge is 0.357 e. The van der Waals surface area contributed by atoms with Gasteiger partial charge in [-0.25, -0.2) is 4.98 Å². The second kappa shape index (κ2) is 9.60. The maximum absolute atomic E-state index is 13.5. The van der Waals surface area contributed by atoms with Crippen LogP contribution in [0.15, 0.2) is 30.3 Å². The van der Waals surface area contributed by atoms with Crippen LogP contribution in [0.1, 0.15) is 64.1 Å². The van der Waals surface area contributed by atoms with Gasteiger partial charge >= 0.3 is 0 Å². The first-order valence-corrected chi connectivity index (χ1v) is 11.8. The molecule has 0 saturated heterocycles. The van der Waals surface area contributed by atoms with Crippen molar-refractivity contribution in [3.63, 3.8) is 0 Å². The maximum atomic E-state index is 13.5. The standard InChI is InChI=1S/C26H37N5O3/c1-25(2,3)15-19(32)30-13-14-31-18(16-30)20(28-22(31)17-11-9-8-10-12-17)23(33)29-21(24(34)27-7)26(4,5)6/h8-12,21H,13-16H2,1-7H3,(H,27,34)(H,29,33)/t21-/m1/s1. The summed E-state index contributed by atoms with van der Waals surface area (Å²) in [5.74, 6) is 0.0696. The summed E-state index contributed by atoms with van der Waals surface area (Å²) in [6.07, 6.45) is 0.428. The molecule has 184 valence electrons. The Bertz CT molecular complexity index is 1060. The first kappa shape index (κ1) is 25.5. The number of fused-ring (bicyclic) bond motifs is 1. The van der Waals surface area contributed by atoms with Gasteiger partial charge in [-0.05, 0) is 10.8 Å². The Labute approximate surface area is 202 Å². The summed E-state index contributed by atoms with van der Waals surface area (Å²) in [6, 6.07) is 8.97. The molecular formula is C26H37N5O3. The molecule has 34 heavy (non-hydrogen) atoms. The van der Waals surface area contributed by atoms with Gasteiger partial charge in [0.25, 0.3) is 5.91 Å². The lowest BCUT2D eigenvalue weighted by atomic mass is 9.86. The zero-order chi connectivity index (χ0) is 25.3. The Hall–Kier alpha value is -3.16. The third-order valence-corrected chi connectivity index (χ3v) is 5.94. The number of nitrogens with zero attached hydrogens (tertiary/aromatic N) is 3. The Morgan fingerprint density at radius 2 is 1.68 bits per heavy atom. The number of aromatic nitrogens is 2. The average Bonchev–Trinajstić information content (AvgIpc) is 3.14. The molecule has 3 rings (SSSR count). The van der Waals surface area contributed by atoms with Crippen LogP contribution in [0.4, 0.5) is 0 Å². The number of imidazole rings is 1. The Morgan fingerprint density at radius 1 is 1.03 bits per heavy atom. The van der Waals surface area contributed by atoms with Crippen LogP contribution >= 0.6 is 0 Å². The lowest BCUT2D eigenvalue weighted by Crippen LogP contribution is -2.53. The molecule has 2 aromatic rings. The predicted molar refractivity (Wildman–Crippen MR) is 132 cm³/mol. The van der Waals surface area contributed by atoms with E-state index in [0.717, 1.165) is 5.56 Å². The molecule has 0 bridgehead atoms. The molecule has 0 fully saturated rings. The first-order valence-electron chi connectivity index (χ1n) is 11.8. The topological polar surface area (TPSA) is 96.3 Å². The minimum atomic E-state index is -0.732. The van der Waals surface area contributed by atoms with E-state index in [-0.39, 0.29) is 22.9 Å². The van der Waals surface area contributed by atoms with E-state index >= 15 is 0 Å². The van der Waals surface area contributed by atoms with Gasteiger partial charge in [0.05, 0.1) is 12.2 Å². The maximum Gasteiger partial charge on any atom is 0.272 e. The number of likely N-dealkylation sites (N-methyl/N-ethyl adjacent to an activating group) is 1. The molecule has 0 radical (unpaired) electrons. The van der Waals surface area contributed by atoms with Crippen molar-refractivity contribution in [1.82, 2.24) is 25.1 Å². The second-order valence-electron chi connectivity index (χ2n) is 11.2. The van der Waals surface area contributed by atoms with Gasteiger partial charge in [-0.3, -0.25) is 14.4 Å². The number of hydrogen-bond acceptors (Lipinski definition) is 4. The van der Waals surface area contributed by atoms with Crippen molar-refractivity contribution in [2.75, 3.05) is 13.6 Å². The van der Waals surface area contributed by atoms with Crippen molar-refractivity contribution in [1.29, 1.82) is 0 Å². The number of rotatable bonds is 5. The van der Waals surface area contributed by atoms with E-state index in [0.29, 0.717) is 37.6 Å². The van der Waals surface area contributed by atoms with E-state index in [4.69, 9.17) is 4.98 Å². The molecule has 1 aliphatic rings. The summed E-state index contributed by atoms with van der Waals surface area (Å²) in [5.41, 5.74) is 1.22. The Balaban J connectivity index is 2.00. The molecule has 8 heteroatoms. The van der Waals surface area contributed by atoms with Gasteiger partial charge in [0.15, 0.2) is 5.69 Å². The Morgan fingerprint density at radius 3 is 2.24 bits per heavy atom. The lowest BCUT2D eigenvalue weighted by molar-refractivity contribution is -0.134. The van der Waals surface area contributed by atoms with Gasteiger partial charge in [0.2, 0.25) is 11.8 Å². The summed E-state index contributed by atoms with van der Waals surface area (Å²) >= 11 is 0. The van der Waals surface area contributed by atoms with Crippen LogP contribution in [-0.2, 0) is 22.7 Å². The van der Waals surface area contributed by atoms with Gasteiger partial charge in [0, 0.05) is 32.1 Å². The molecule has 2 N–H and O–H groups in total. The van der Waals surface area contributed by atoms with Crippen LogP contribution in [-0.4, -0.2) is 51.8 Å². The van der Waals surface area contributed by atoms with Crippen molar-refractivity contribution in [3.05, 3.63) is 41.7 Å². The molecule has 3 amide bonds. The Kier molecular flexibility index (Phi) is 7.19. The molecular weight excluding hydrogens is 430 g/mol. The number of benzene rings is 1. The second-order valence-corrected chi connectivity index (χ2v) is 11.2. The van der Waals surface area contributed by atoms with E-state index in [1.54, 1.807) is 11.9 Å². The molecule has 1 aliphatic heterocycles. The van der Waals surface area contributed by atoms with Crippen molar-refractivity contribution < 1.29 is 14.4 Å². The van der Waals surface area contributed by atoms with Crippen molar-refractivity contribution in [2.24, 2.45) is 10.8 Å². The fraction of sp³-hybridized carbons (Fsp3) is 0.538. The van der Waals surface area contributed by atoms with Crippen LogP contribution < -0.4 is 10.6 Å². The minimum Gasteiger partial charge on any atom is -0.357 e. The summed E-state index contributed by atoms with van der Waals surface area (Å²) in [6.45, 7) is 13.2. The highest BCUT2D eigenvalue weighted by molar-refractivity contribution is 5.98. The van der Waals surface area contributed by atoms with Gasteiger partial charge < -0.3 is 20.1 Å². The third kappa shape index (κ3) is 5.66. The highest BCUT2D eigenvalue weighted by Crippen LogP contribution is 2.29. The monoisotopic (exact) mass is 467 g/mol.